The summed E-state index contributed by atoms with van der Waals surface area (Å²) in [5.41, 5.74) is 0. The van der Waals surface area contributed by atoms with Gasteiger partial charge in [0.15, 0.2) is 0 Å². The van der Waals surface area contributed by atoms with Crippen molar-refractivity contribution < 1.29 is 14.3 Å². The molecule has 0 aromatic heterocycles. The van der Waals surface area contributed by atoms with Crippen molar-refractivity contribution in [3.05, 3.63) is 0 Å². The van der Waals surface area contributed by atoms with Gasteiger partial charge in [0.2, 0.25) is 5.91 Å². The van der Waals surface area contributed by atoms with E-state index in [1.807, 2.05) is 0 Å². The van der Waals surface area contributed by atoms with Crippen molar-refractivity contribution in [2.75, 3.05) is 18.5 Å². The zero-order valence-electron chi connectivity index (χ0n) is 11.0. The molecule has 1 amide bonds. The predicted octanol–water partition coefficient (Wildman–Crippen LogP) is 2.50. The van der Waals surface area contributed by atoms with E-state index in [4.69, 9.17) is 4.74 Å². The molecule has 5 heteroatoms. The van der Waals surface area contributed by atoms with Gasteiger partial charge in [-0.1, -0.05) is 15.9 Å². The predicted molar refractivity (Wildman–Crippen MR) is 73.6 cm³/mol. The number of ether oxygens (including phenoxy) is 1. The van der Waals surface area contributed by atoms with E-state index in [1.165, 1.54) is 0 Å². The Balaban J connectivity index is 2.52. The minimum atomic E-state index is -0.352. The minimum Gasteiger partial charge on any atom is -0.464 e. The van der Waals surface area contributed by atoms with E-state index < -0.39 is 0 Å². The van der Waals surface area contributed by atoms with E-state index in [9.17, 15) is 9.59 Å². The topological polar surface area (TPSA) is 46.6 Å². The van der Waals surface area contributed by atoms with Crippen LogP contribution in [0.1, 0.15) is 45.4 Å². The zero-order chi connectivity index (χ0) is 13.4. The number of hydrogen-bond donors (Lipinski definition) is 0. The summed E-state index contributed by atoms with van der Waals surface area (Å²) in [6.07, 6.45) is 5.11. The molecule has 4 nitrogen and oxygen atoms in total. The van der Waals surface area contributed by atoms with Gasteiger partial charge in [-0.25, -0.2) is 4.79 Å². The van der Waals surface area contributed by atoms with Gasteiger partial charge in [0.25, 0.3) is 0 Å². The lowest BCUT2D eigenvalue weighted by Gasteiger charge is -2.34. The Morgan fingerprint density at radius 3 is 2.78 bits per heavy atom. The number of esters is 1. The highest BCUT2D eigenvalue weighted by atomic mass is 79.9. The highest BCUT2D eigenvalue weighted by molar-refractivity contribution is 9.09. The molecule has 1 fully saturated rings. The maximum Gasteiger partial charge on any atom is 0.328 e. The molecule has 0 saturated carbocycles. The normalized spacial score (nSPS) is 19.7. The fraction of sp³-hybridized carbons (Fsp3) is 0.846. The number of amides is 1. The van der Waals surface area contributed by atoms with Gasteiger partial charge >= 0.3 is 5.97 Å². The van der Waals surface area contributed by atoms with Crippen LogP contribution in [0, 0.1) is 0 Å². The largest absolute Gasteiger partial charge is 0.464 e. The third-order valence-corrected chi connectivity index (χ3v) is 3.72. The molecule has 104 valence electrons. The zero-order valence-corrected chi connectivity index (χ0v) is 12.6. The number of alkyl halides is 1. The molecule has 0 spiro atoms. The standard InChI is InChI=1S/C13H22BrNO3/c1-2-18-13(17)11-7-4-6-10-15(11)12(16)8-3-5-9-14/h11H,2-10H2,1H3. The van der Waals surface area contributed by atoms with E-state index in [1.54, 1.807) is 11.8 Å². The lowest BCUT2D eigenvalue weighted by Crippen LogP contribution is -2.48. The summed E-state index contributed by atoms with van der Waals surface area (Å²) < 4.78 is 5.05. The second-order valence-corrected chi connectivity index (χ2v) is 5.29. The van der Waals surface area contributed by atoms with Crippen LogP contribution in [-0.4, -0.2) is 41.3 Å². The Bertz CT molecular complexity index is 283. The smallest absolute Gasteiger partial charge is 0.328 e. The monoisotopic (exact) mass is 319 g/mol. The number of likely N-dealkylation sites (tertiary alicyclic amines) is 1. The van der Waals surface area contributed by atoms with Gasteiger partial charge in [0.1, 0.15) is 6.04 Å². The van der Waals surface area contributed by atoms with Crippen LogP contribution in [0.4, 0.5) is 0 Å². The number of rotatable bonds is 6. The third kappa shape index (κ3) is 4.59. The molecule has 1 aliphatic heterocycles. The Kier molecular flexibility index (Phi) is 7.32. The molecule has 1 rings (SSSR count). The third-order valence-electron chi connectivity index (χ3n) is 3.16. The van der Waals surface area contributed by atoms with Crippen LogP contribution in [-0.2, 0) is 14.3 Å². The van der Waals surface area contributed by atoms with E-state index in [0.717, 1.165) is 37.4 Å². The molecule has 1 saturated heterocycles. The van der Waals surface area contributed by atoms with Crippen molar-refractivity contribution in [3.8, 4) is 0 Å². The fourth-order valence-corrected chi connectivity index (χ4v) is 2.62. The first-order valence-electron chi connectivity index (χ1n) is 6.72. The average molecular weight is 320 g/mol. The number of carbonyl (C=O) groups is 2. The first-order valence-corrected chi connectivity index (χ1v) is 7.85. The molecule has 0 radical (unpaired) electrons. The number of nitrogens with zero attached hydrogens (tertiary/aromatic N) is 1. The van der Waals surface area contributed by atoms with Crippen molar-refractivity contribution in [1.82, 2.24) is 4.90 Å². The second-order valence-electron chi connectivity index (χ2n) is 4.50. The van der Waals surface area contributed by atoms with E-state index in [0.29, 0.717) is 19.6 Å². The second kappa shape index (κ2) is 8.51. The lowest BCUT2D eigenvalue weighted by atomic mass is 10.0. The van der Waals surface area contributed by atoms with Crippen LogP contribution in [0.2, 0.25) is 0 Å². The van der Waals surface area contributed by atoms with E-state index in [-0.39, 0.29) is 17.9 Å². The maximum atomic E-state index is 12.1. The Morgan fingerprint density at radius 2 is 2.11 bits per heavy atom. The number of piperidine rings is 1. The molecule has 0 aliphatic carbocycles. The molecule has 0 N–H and O–H groups in total. The highest BCUT2D eigenvalue weighted by Crippen LogP contribution is 2.20. The maximum absolute atomic E-state index is 12.1. The van der Waals surface area contributed by atoms with Crippen molar-refractivity contribution in [3.63, 3.8) is 0 Å². The molecule has 1 heterocycles. The Labute approximate surface area is 117 Å². The van der Waals surface area contributed by atoms with Crippen molar-refractivity contribution in [2.24, 2.45) is 0 Å². The van der Waals surface area contributed by atoms with Crippen molar-refractivity contribution in [1.29, 1.82) is 0 Å². The summed E-state index contributed by atoms with van der Waals surface area (Å²) in [4.78, 5) is 25.6. The van der Waals surface area contributed by atoms with Gasteiger partial charge in [0, 0.05) is 18.3 Å². The summed E-state index contributed by atoms with van der Waals surface area (Å²) in [5, 5.41) is 0.918. The summed E-state index contributed by atoms with van der Waals surface area (Å²) >= 11 is 3.35. The molecular formula is C13H22BrNO3. The SMILES string of the molecule is CCOC(=O)C1CCCCN1C(=O)CCCCBr. The van der Waals surface area contributed by atoms with Gasteiger partial charge in [-0.2, -0.15) is 0 Å². The molecular weight excluding hydrogens is 298 g/mol. The van der Waals surface area contributed by atoms with Crippen LogP contribution in [0.5, 0.6) is 0 Å². The molecule has 0 aromatic rings. The summed E-state index contributed by atoms with van der Waals surface area (Å²) in [6, 6.07) is -0.352. The van der Waals surface area contributed by atoms with E-state index >= 15 is 0 Å². The number of hydrogen-bond acceptors (Lipinski definition) is 3. The summed E-state index contributed by atoms with van der Waals surface area (Å²) in [7, 11) is 0. The molecule has 18 heavy (non-hydrogen) atoms. The first kappa shape index (κ1) is 15.5. The van der Waals surface area contributed by atoms with Gasteiger partial charge in [-0.05, 0) is 39.0 Å². The number of halogens is 1. The van der Waals surface area contributed by atoms with Crippen LogP contribution in [0.25, 0.3) is 0 Å². The molecule has 0 aromatic carbocycles. The van der Waals surface area contributed by atoms with Crippen LogP contribution in [0.3, 0.4) is 0 Å². The van der Waals surface area contributed by atoms with Crippen LogP contribution >= 0.6 is 15.9 Å². The number of unbranched alkanes of at least 4 members (excludes halogenated alkanes) is 1. The van der Waals surface area contributed by atoms with Gasteiger partial charge in [-0.15, -0.1) is 0 Å². The van der Waals surface area contributed by atoms with Crippen molar-refractivity contribution in [2.45, 2.75) is 51.5 Å². The first-order chi connectivity index (χ1) is 8.70. The fourth-order valence-electron chi connectivity index (χ4n) is 2.23. The quantitative estimate of drug-likeness (QED) is 0.429. The molecule has 0 bridgehead atoms. The van der Waals surface area contributed by atoms with Gasteiger partial charge in [0.05, 0.1) is 6.61 Å². The summed E-state index contributed by atoms with van der Waals surface area (Å²) in [5.74, 6) is -0.153. The van der Waals surface area contributed by atoms with Gasteiger partial charge < -0.3 is 9.64 Å². The Hall–Kier alpha value is -0.580. The van der Waals surface area contributed by atoms with Crippen LogP contribution < -0.4 is 0 Å². The van der Waals surface area contributed by atoms with Gasteiger partial charge in [-0.3, -0.25) is 4.79 Å². The minimum absolute atomic E-state index is 0.0914. The lowest BCUT2D eigenvalue weighted by molar-refractivity contribution is -0.156. The van der Waals surface area contributed by atoms with Crippen LogP contribution in [0.15, 0.2) is 0 Å². The van der Waals surface area contributed by atoms with E-state index in [2.05, 4.69) is 15.9 Å². The Morgan fingerprint density at radius 1 is 1.33 bits per heavy atom. The molecule has 1 aliphatic rings. The number of carbonyl (C=O) groups excluding carboxylic acids is 2. The van der Waals surface area contributed by atoms with Crippen molar-refractivity contribution >= 4 is 27.8 Å². The summed E-state index contributed by atoms with van der Waals surface area (Å²) in [6.45, 7) is 2.86. The average Bonchev–Trinajstić information content (AvgIpc) is 2.39. The highest BCUT2D eigenvalue weighted by Gasteiger charge is 2.32. The molecule has 1 atom stereocenters. The molecule has 1 unspecified atom stereocenters.